The van der Waals surface area contributed by atoms with Crippen LogP contribution in [-0.4, -0.2) is 16.1 Å². The summed E-state index contributed by atoms with van der Waals surface area (Å²) in [4.78, 5) is 31.1. The Labute approximate surface area is 148 Å². The van der Waals surface area contributed by atoms with E-state index in [4.69, 9.17) is 0 Å². The zero-order valence-electron chi connectivity index (χ0n) is 14.8. The summed E-state index contributed by atoms with van der Waals surface area (Å²) in [5.41, 5.74) is 0.0128. The van der Waals surface area contributed by atoms with Crippen LogP contribution in [0.3, 0.4) is 0 Å². The Bertz CT molecular complexity index is 510. The molecule has 7 heteroatoms. The quantitative estimate of drug-likeness (QED) is 0.181. The molecular formula is C18H27N2O5. The molecule has 0 aromatic carbocycles. The van der Waals surface area contributed by atoms with E-state index >= 15 is 0 Å². The molecule has 0 bridgehead atoms. The van der Waals surface area contributed by atoms with E-state index in [1.807, 2.05) is 25.4 Å². The molecule has 25 heavy (non-hydrogen) atoms. The zero-order chi connectivity index (χ0) is 18.9. The summed E-state index contributed by atoms with van der Waals surface area (Å²) >= 11 is 0. The highest BCUT2D eigenvalue weighted by Crippen LogP contribution is 2.14. The number of hydrogen-bond donors (Lipinski definition) is 0. The maximum atomic E-state index is 11.1. The second-order valence-electron chi connectivity index (χ2n) is 5.66. The molecule has 0 fully saturated rings. The normalized spacial score (nSPS) is 12.5. The van der Waals surface area contributed by atoms with Gasteiger partial charge in [-0.2, -0.15) is 0 Å². The van der Waals surface area contributed by atoms with Crippen LogP contribution >= 0.6 is 0 Å². The van der Waals surface area contributed by atoms with E-state index < -0.39 is 9.85 Å². The Hall–Kier alpha value is -2.31. The molecule has 0 spiro atoms. The molecule has 7 nitrogen and oxygen atoms in total. The number of allylic oxidation sites excluding steroid dienone is 5. The Morgan fingerprint density at radius 2 is 1.68 bits per heavy atom. The molecule has 0 heterocycles. The first kappa shape index (κ1) is 22.7. The zero-order valence-corrected chi connectivity index (χ0v) is 14.8. The van der Waals surface area contributed by atoms with Crippen LogP contribution in [0.5, 0.6) is 0 Å². The van der Waals surface area contributed by atoms with Crippen LogP contribution in [0.2, 0.25) is 0 Å². The molecule has 0 aliphatic rings. The second-order valence-corrected chi connectivity index (χ2v) is 5.66. The van der Waals surface area contributed by atoms with Gasteiger partial charge in [-0.05, 0) is 44.3 Å². The molecule has 1 radical (unpaired) electrons. The van der Waals surface area contributed by atoms with Gasteiger partial charge in [0.1, 0.15) is 0 Å². The average Bonchev–Trinajstić information content (AvgIpc) is 2.57. The Kier molecular flexibility index (Phi) is 13.8. The van der Waals surface area contributed by atoms with Gasteiger partial charge in [-0.1, -0.05) is 31.9 Å². The van der Waals surface area contributed by atoms with Gasteiger partial charge in [-0.3, -0.25) is 25.0 Å². The number of rotatable bonds is 15. The van der Waals surface area contributed by atoms with E-state index in [2.05, 4.69) is 0 Å². The van der Waals surface area contributed by atoms with Gasteiger partial charge < -0.3 is 0 Å². The average molecular weight is 351 g/mol. The lowest BCUT2D eigenvalue weighted by Gasteiger charge is -1.99. The van der Waals surface area contributed by atoms with Crippen molar-refractivity contribution in [2.75, 3.05) is 0 Å². The first-order valence-electron chi connectivity index (χ1n) is 8.69. The minimum atomic E-state index is -0.492. The third-order valence-electron chi connectivity index (χ3n) is 3.61. The molecule has 0 aliphatic heterocycles. The summed E-state index contributed by atoms with van der Waals surface area (Å²) in [5, 5.41) is 22.1. The molecule has 0 aromatic rings. The van der Waals surface area contributed by atoms with Gasteiger partial charge in [-0.15, -0.1) is 0 Å². The van der Waals surface area contributed by atoms with Gasteiger partial charge in [0.15, 0.2) is 6.29 Å². The lowest BCUT2D eigenvalue weighted by molar-refractivity contribution is -0.432. The number of nitrogens with zero attached hydrogens (tertiary/aromatic N) is 2. The highest BCUT2D eigenvalue weighted by atomic mass is 16.6. The Morgan fingerprint density at radius 1 is 0.960 bits per heavy atom. The second kappa shape index (κ2) is 15.2. The number of hydrogen-bond acceptors (Lipinski definition) is 5. The summed E-state index contributed by atoms with van der Waals surface area (Å²) in [6.45, 7) is 2.01. The summed E-state index contributed by atoms with van der Waals surface area (Å²) < 4.78 is 0. The summed E-state index contributed by atoms with van der Waals surface area (Å²) in [7, 11) is 0. The highest BCUT2D eigenvalue weighted by molar-refractivity contribution is 5.50. The molecule has 0 rings (SSSR count). The first-order chi connectivity index (χ1) is 12.0. The topological polar surface area (TPSA) is 103 Å². The van der Waals surface area contributed by atoms with Gasteiger partial charge in [0, 0.05) is 12.8 Å². The van der Waals surface area contributed by atoms with Crippen LogP contribution in [-0.2, 0) is 4.79 Å². The molecule has 0 unspecified atom stereocenters. The fourth-order valence-corrected chi connectivity index (χ4v) is 2.16. The lowest BCUT2D eigenvalue weighted by atomic mass is 10.1. The maximum Gasteiger partial charge on any atom is 0.246 e. The van der Waals surface area contributed by atoms with E-state index in [0.29, 0.717) is 25.7 Å². The van der Waals surface area contributed by atoms with Gasteiger partial charge in [0.25, 0.3) is 0 Å². The number of nitro groups is 2. The first-order valence-corrected chi connectivity index (χ1v) is 8.69. The molecule has 139 valence electrons. The number of unbranched alkanes of at least 4 members (excludes halogenated alkanes) is 5. The van der Waals surface area contributed by atoms with Crippen LogP contribution in [0.15, 0.2) is 35.7 Å². The standard InChI is InChI=1S/C18H27N2O5/c1-2-3-9-12-17(19(22)23)14-15-18(20(24)25)13-10-7-5-4-6-8-11-16-21/h5,7,13-14H,2-4,6,8-12,15H2,1H3/b7-5+,17-14-,18-13-. The molecule has 0 saturated carbocycles. The molecule has 0 N–H and O–H groups in total. The van der Waals surface area contributed by atoms with Crippen molar-refractivity contribution in [2.24, 2.45) is 0 Å². The maximum absolute atomic E-state index is 11.1. The van der Waals surface area contributed by atoms with Crippen LogP contribution in [0.1, 0.15) is 71.1 Å². The molecular weight excluding hydrogens is 324 g/mol. The van der Waals surface area contributed by atoms with Crippen molar-refractivity contribution in [3.63, 3.8) is 0 Å². The smallest absolute Gasteiger partial charge is 0.246 e. The van der Waals surface area contributed by atoms with Gasteiger partial charge >= 0.3 is 0 Å². The minimum absolute atomic E-state index is 0.0324. The van der Waals surface area contributed by atoms with Crippen LogP contribution in [0, 0.1) is 20.2 Å². The predicted octanol–water partition coefficient (Wildman–Crippen LogP) is 4.89. The SMILES string of the molecule is CCCCC/C(=C/C/C(=C/C/C=C/CCCC[C]=O)[N+](=O)[O-])[N+](=O)[O-]. The lowest BCUT2D eigenvalue weighted by Crippen LogP contribution is -2.02. The van der Waals surface area contributed by atoms with Crippen molar-refractivity contribution in [2.45, 2.75) is 71.1 Å². The van der Waals surface area contributed by atoms with Gasteiger partial charge in [-0.25, -0.2) is 0 Å². The fraction of sp³-hybridized carbons (Fsp3) is 0.611. The van der Waals surface area contributed by atoms with Crippen molar-refractivity contribution in [1.29, 1.82) is 0 Å². The molecule has 0 saturated heterocycles. The third kappa shape index (κ3) is 12.7. The molecule has 0 aliphatic carbocycles. The third-order valence-corrected chi connectivity index (χ3v) is 3.61. The van der Waals surface area contributed by atoms with Crippen LogP contribution < -0.4 is 0 Å². The molecule has 0 amide bonds. The van der Waals surface area contributed by atoms with Crippen molar-refractivity contribution in [3.8, 4) is 0 Å². The fourth-order valence-electron chi connectivity index (χ4n) is 2.16. The summed E-state index contributed by atoms with van der Waals surface area (Å²) in [6, 6.07) is 0. The van der Waals surface area contributed by atoms with E-state index in [1.54, 1.807) is 0 Å². The Balaban J connectivity index is 4.53. The monoisotopic (exact) mass is 351 g/mol. The van der Waals surface area contributed by atoms with E-state index in [-0.39, 0.29) is 17.8 Å². The number of carbonyl (C=O) groups excluding carboxylic acids is 1. The van der Waals surface area contributed by atoms with E-state index in [1.165, 1.54) is 12.2 Å². The van der Waals surface area contributed by atoms with Crippen LogP contribution in [0.4, 0.5) is 0 Å². The van der Waals surface area contributed by atoms with Crippen molar-refractivity contribution in [1.82, 2.24) is 0 Å². The highest BCUT2D eigenvalue weighted by Gasteiger charge is 2.14. The Morgan fingerprint density at radius 3 is 2.28 bits per heavy atom. The van der Waals surface area contributed by atoms with Crippen molar-refractivity contribution >= 4 is 6.29 Å². The summed E-state index contributed by atoms with van der Waals surface area (Å²) in [6.07, 6.45) is 14.6. The van der Waals surface area contributed by atoms with E-state index in [9.17, 15) is 25.0 Å². The predicted molar refractivity (Wildman–Crippen MR) is 96.8 cm³/mol. The molecule has 0 atom stereocenters. The largest absolute Gasteiger partial charge is 0.291 e. The molecule has 0 aromatic heterocycles. The van der Waals surface area contributed by atoms with Crippen LogP contribution in [0.25, 0.3) is 0 Å². The van der Waals surface area contributed by atoms with Gasteiger partial charge in [0.05, 0.1) is 16.3 Å². The van der Waals surface area contributed by atoms with Crippen molar-refractivity contribution < 1.29 is 14.6 Å². The van der Waals surface area contributed by atoms with Crippen molar-refractivity contribution in [3.05, 3.63) is 55.9 Å². The summed E-state index contributed by atoms with van der Waals surface area (Å²) in [5.74, 6) is 0. The van der Waals surface area contributed by atoms with Gasteiger partial charge in [0.2, 0.25) is 11.4 Å². The van der Waals surface area contributed by atoms with E-state index in [0.717, 1.165) is 32.1 Å². The minimum Gasteiger partial charge on any atom is -0.291 e.